The second kappa shape index (κ2) is 4.55. The van der Waals surface area contributed by atoms with Crippen LogP contribution in [-0.2, 0) is 5.41 Å². The molecular weight excluding hydrogens is 248 g/mol. The van der Waals surface area contributed by atoms with E-state index in [1.165, 1.54) is 5.52 Å². The van der Waals surface area contributed by atoms with Gasteiger partial charge in [-0.05, 0) is 19.9 Å². The SMILES string of the molecule is CC(C)N1CC(n2cnc3cnc(C(C)(C)C)cc32)C1. The summed E-state index contributed by atoms with van der Waals surface area (Å²) < 4.78 is 2.32. The highest BCUT2D eigenvalue weighted by molar-refractivity contribution is 5.75. The molecular formula is C16H24N4. The highest BCUT2D eigenvalue weighted by Gasteiger charge is 2.30. The quantitative estimate of drug-likeness (QED) is 0.843. The van der Waals surface area contributed by atoms with Crippen molar-refractivity contribution in [3.8, 4) is 0 Å². The van der Waals surface area contributed by atoms with Crippen molar-refractivity contribution in [3.63, 3.8) is 0 Å². The van der Waals surface area contributed by atoms with Gasteiger partial charge < -0.3 is 4.57 Å². The highest BCUT2D eigenvalue weighted by Crippen LogP contribution is 2.29. The number of aromatic nitrogens is 3. The first-order valence-corrected chi connectivity index (χ1v) is 7.43. The minimum absolute atomic E-state index is 0.0763. The van der Waals surface area contributed by atoms with Gasteiger partial charge in [0.15, 0.2) is 0 Å². The van der Waals surface area contributed by atoms with Crippen LogP contribution in [-0.4, -0.2) is 38.6 Å². The molecule has 0 radical (unpaired) electrons. The second-order valence-corrected chi connectivity index (χ2v) is 7.16. The van der Waals surface area contributed by atoms with Gasteiger partial charge in [-0.3, -0.25) is 9.88 Å². The van der Waals surface area contributed by atoms with Crippen LogP contribution in [0.2, 0.25) is 0 Å². The van der Waals surface area contributed by atoms with E-state index in [4.69, 9.17) is 0 Å². The van der Waals surface area contributed by atoms with Gasteiger partial charge in [0.25, 0.3) is 0 Å². The van der Waals surface area contributed by atoms with E-state index in [0.717, 1.165) is 24.3 Å². The predicted molar refractivity (Wildman–Crippen MR) is 82.0 cm³/mol. The van der Waals surface area contributed by atoms with Gasteiger partial charge in [-0.15, -0.1) is 0 Å². The van der Waals surface area contributed by atoms with Gasteiger partial charge in [0, 0.05) is 30.2 Å². The third kappa shape index (κ3) is 2.22. The van der Waals surface area contributed by atoms with E-state index in [2.05, 4.69) is 60.1 Å². The van der Waals surface area contributed by atoms with Crippen LogP contribution in [0.1, 0.15) is 46.4 Å². The van der Waals surface area contributed by atoms with Crippen LogP contribution in [0, 0.1) is 0 Å². The summed E-state index contributed by atoms with van der Waals surface area (Å²) in [5.74, 6) is 0. The molecule has 0 saturated carbocycles. The van der Waals surface area contributed by atoms with Crippen molar-refractivity contribution in [3.05, 3.63) is 24.3 Å². The molecule has 4 heteroatoms. The van der Waals surface area contributed by atoms with E-state index in [-0.39, 0.29) is 5.41 Å². The second-order valence-electron chi connectivity index (χ2n) is 7.16. The van der Waals surface area contributed by atoms with E-state index in [1.807, 2.05) is 12.5 Å². The Balaban J connectivity index is 1.93. The maximum atomic E-state index is 4.55. The lowest BCUT2D eigenvalue weighted by Crippen LogP contribution is -2.50. The third-order valence-corrected chi connectivity index (χ3v) is 4.24. The molecule has 3 heterocycles. The van der Waals surface area contributed by atoms with E-state index in [1.54, 1.807) is 0 Å². The number of nitrogens with zero attached hydrogens (tertiary/aromatic N) is 4. The Morgan fingerprint density at radius 1 is 1.20 bits per heavy atom. The van der Waals surface area contributed by atoms with Crippen molar-refractivity contribution in [1.29, 1.82) is 0 Å². The van der Waals surface area contributed by atoms with Crippen molar-refractivity contribution in [1.82, 2.24) is 19.4 Å². The fourth-order valence-electron chi connectivity index (χ4n) is 2.72. The minimum atomic E-state index is 0.0763. The van der Waals surface area contributed by atoms with Crippen molar-refractivity contribution in [2.75, 3.05) is 13.1 Å². The molecule has 4 nitrogen and oxygen atoms in total. The summed E-state index contributed by atoms with van der Waals surface area (Å²) in [7, 11) is 0. The van der Waals surface area contributed by atoms with Gasteiger partial charge in [-0.2, -0.15) is 0 Å². The molecule has 3 rings (SSSR count). The lowest BCUT2D eigenvalue weighted by atomic mass is 9.91. The van der Waals surface area contributed by atoms with Crippen molar-refractivity contribution < 1.29 is 0 Å². The largest absolute Gasteiger partial charge is 0.325 e. The van der Waals surface area contributed by atoms with E-state index >= 15 is 0 Å². The number of rotatable bonds is 2. The standard InChI is InChI=1S/C16H24N4/c1-11(2)19-8-12(9-19)20-10-18-13-7-17-15(6-14(13)20)16(3,4)5/h6-7,10-12H,8-9H2,1-5H3. The van der Waals surface area contributed by atoms with Gasteiger partial charge in [0.2, 0.25) is 0 Å². The first-order chi connectivity index (χ1) is 9.36. The zero-order valence-corrected chi connectivity index (χ0v) is 13.1. The molecule has 1 aliphatic rings. The number of pyridine rings is 1. The summed E-state index contributed by atoms with van der Waals surface area (Å²) in [6.45, 7) is 13.4. The van der Waals surface area contributed by atoms with Crippen molar-refractivity contribution >= 4 is 11.0 Å². The zero-order valence-electron chi connectivity index (χ0n) is 13.1. The normalized spacial score (nSPS) is 17.9. The molecule has 108 valence electrons. The summed E-state index contributed by atoms with van der Waals surface area (Å²) in [5, 5.41) is 0. The van der Waals surface area contributed by atoms with Crippen LogP contribution in [0.3, 0.4) is 0 Å². The number of hydrogen-bond acceptors (Lipinski definition) is 3. The van der Waals surface area contributed by atoms with E-state index < -0.39 is 0 Å². The summed E-state index contributed by atoms with van der Waals surface area (Å²) in [5.41, 5.74) is 3.43. The maximum Gasteiger partial charge on any atom is 0.107 e. The smallest absolute Gasteiger partial charge is 0.107 e. The minimum Gasteiger partial charge on any atom is -0.325 e. The Kier molecular flexibility index (Phi) is 3.09. The van der Waals surface area contributed by atoms with Crippen LogP contribution in [0.5, 0.6) is 0 Å². The molecule has 20 heavy (non-hydrogen) atoms. The highest BCUT2D eigenvalue weighted by atomic mass is 15.3. The molecule has 0 aromatic carbocycles. The number of fused-ring (bicyclic) bond motifs is 1. The van der Waals surface area contributed by atoms with Gasteiger partial charge in [0.1, 0.15) is 5.52 Å². The monoisotopic (exact) mass is 272 g/mol. The molecule has 2 aromatic heterocycles. The zero-order chi connectivity index (χ0) is 14.5. The molecule has 0 unspecified atom stereocenters. The fourth-order valence-corrected chi connectivity index (χ4v) is 2.72. The molecule has 0 aliphatic carbocycles. The van der Waals surface area contributed by atoms with Gasteiger partial charge >= 0.3 is 0 Å². The Bertz CT molecular complexity index is 615. The summed E-state index contributed by atoms with van der Waals surface area (Å²) >= 11 is 0. The average molecular weight is 272 g/mol. The number of likely N-dealkylation sites (tertiary alicyclic amines) is 1. The molecule has 1 saturated heterocycles. The lowest BCUT2D eigenvalue weighted by molar-refractivity contribution is 0.0764. The first kappa shape index (κ1) is 13.6. The molecule has 2 aromatic rings. The molecule has 0 amide bonds. The van der Waals surface area contributed by atoms with E-state index in [0.29, 0.717) is 12.1 Å². The van der Waals surface area contributed by atoms with Crippen LogP contribution < -0.4 is 0 Å². The average Bonchev–Trinajstić information content (AvgIpc) is 2.68. The number of hydrogen-bond donors (Lipinski definition) is 0. The summed E-state index contributed by atoms with van der Waals surface area (Å²) in [6, 6.07) is 3.39. The van der Waals surface area contributed by atoms with Crippen molar-refractivity contribution in [2.24, 2.45) is 0 Å². The Morgan fingerprint density at radius 2 is 1.90 bits per heavy atom. The first-order valence-electron chi connectivity index (χ1n) is 7.43. The van der Waals surface area contributed by atoms with E-state index in [9.17, 15) is 0 Å². The van der Waals surface area contributed by atoms with Crippen LogP contribution in [0.4, 0.5) is 0 Å². The van der Waals surface area contributed by atoms with Crippen LogP contribution in [0.15, 0.2) is 18.6 Å². The topological polar surface area (TPSA) is 34.0 Å². The van der Waals surface area contributed by atoms with Gasteiger partial charge in [0.05, 0.1) is 24.1 Å². The Morgan fingerprint density at radius 3 is 2.50 bits per heavy atom. The maximum absolute atomic E-state index is 4.55. The van der Waals surface area contributed by atoms with Gasteiger partial charge in [-0.25, -0.2) is 4.98 Å². The summed E-state index contributed by atoms with van der Waals surface area (Å²) in [4.78, 5) is 11.5. The molecule has 1 aliphatic heterocycles. The van der Waals surface area contributed by atoms with Crippen LogP contribution in [0.25, 0.3) is 11.0 Å². The Hall–Kier alpha value is -1.42. The van der Waals surface area contributed by atoms with Crippen molar-refractivity contribution in [2.45, 2.75) is 52.1 Å². The molecule has 0 atom stereocenters. The molecule has 0 N–H and O–H groups in total. The van der Waals surface area contributed by atoms with Crippen LogP contribution >= 0.6 is 0 Å². The molecule has 0 spiro atoms. The number of imidazole rings is 1. The Labute approximate surface area is 120 Å². The molecule has 1 fully saturated rings. The predicted octanol–water partition coefficient (Wildman–Crippen LogP) is 2.99. The summed E-state index contributed by atoms with van der Waals surface area (Å²) in [6.07, 6.45) is 3.88. The lowest BCUT2D eigenvalue weighted by Gasteiger charge is -2.42. The molecule has 0 bridgehead atoms. The van der Waals surface area contributed by atoms with Gasteiger partial charge in [-0.1, -0.05) is 20.8 Å². The third-order valence-electron chi connectivity index (χ3n) is 4.24. The fraction of sp³-hybridized carbons (Fsp3) is 0.625.